The number of ether oxygens (including phenoxy) is 1. The van der Waals surface area contributed by atoms with Gasteiger partial charge in [0.25, 0.3) is 0 Å². The maximum atomic E-state index is 11.9. The molecule has 130 valence electrons. The Hall–Kier alpha value is -1.92. The van der Waals surface area contributed by atoms with E-state index in [0.29, 0.717) is 18.9 Å². The predicted molar refractivity (Wildman–Crippen MR) is 107 cm³/mol. The van der Waals surface area contributed by atoms with Crippen molar-refractivity contribution in [3.8, 4) is 5.75 Å². The molecule has 0 saturated carbocycles. The van der Waals surface area contributed by atoms with Gasteiger partial charge in [-0.05, 0) is 36.2 Å². The number of aryl methyl sites for hydroxylation is 1. The second kappa shape index (κ2) is 8.97. The lowest BCUT2D eigenvalue weighted by Gasteiger charge is -2.14. The molecule has 2 aromatic rings. The number of nitrogens with zero attached hydrogens (tertiary/aromatic N) is 1. The summed E-state index contributed by atoms with van der Waals surface area (Å²) in [5, 5.41) is 2.88. The first-order valence-electron chi connectivity index (χ1n) is 8.09. The van der Waals surface area contributed by atoms with Crippen molar-refractivity contribution in [2.75, 3.05) is 18.9 Å². The minimum Gasteiger partial charge on any atom is -0.492 e. The van der Waals surface area contributed by atoms with E-state index in [1.54, 1.807) is 11.8 Å². The molecule has 2 aromatic carbocycles. The maximum Gasteiger partial charge on any atom is 0.230 e. The number of rotatable bonds is 6. The highest BCUT2D eigenvalue weighted by Crippen LogP contribution is 2.34. The van der Waals surface area contributed by atoms with Crippen LogP contribution in [0.4, 0.5) is 5.69 Å². The molecule has 0 spiro atoms. The Labute approximate surface area is 156 Å². The first-order chi connectivity index (χ1) is 12.2. The molecule has 0 saturated heterocycles. The molecule has 0 fully saturated rings. The normalized spacial score (nSPS) is 12.9. The number of hydrogen-bond acceptors (Lipinski definition) is 5. The van der Waals surface area contributed by atoms with Gasteiger partial charge < -0.3 is 10.1 Å². The van der Waals surface area contributed by atoms with E-state index in [9.17, 15) is 4.79 Å². The molecule has 1 amide bonds. The van der Waals surface area contributed by atoms with Gasteiger partial charge in [0, 0.05) is 5.75 Å². The van der Waals surface area contributed by atoms with Gasteiger partial charge in [-0.2, -0.15) is 0 Å². The summed E-state index contributed by atoms with van der Waals surface area (Å²) >= 11 is 3.17. The number of aliphatic imine (C=N–C) groups is 1. The molecule has 0 aliphatic carbocycles. The second-order valence-corrected chi connectivity index (χ2v) is 7.79. The molecule has 3 rings (SSSR count). The van der Waals surface area contributed by atoms with Crippen molar-refractivity contribution < 1.29 is 9.53 Å². The number of fused-ring (bicyclic) bond motifs is 1. The molecule has 1 heterocycles. The van der Waals surface area contributed by atoms with Crippen LogP contribution in [0.1, 0.15) is 11.1 Å². The molecule has 0 bridgehead atoms. The van der Waals surface area contributed by atoms with Gasteiger partial charge in [0.05, 0.1) is 18.0 Å². The molecule has 1 aliphatic heterocycles. The van der Waals surface area contributed by atoms with Crippen molar-refractivity contribution in [1.29, 1.82) is 0 Å². The van der Waals surface area contributed by atoms with Crippen molar-refractivity contribution in [3.05, 3.63) is 59.7 Å². The van der Waals surface area contributed by atoms with Gasteiger partial charge in [-0.1, -0.05) is 53.9 Å². The summed E-state index contributed by atoms with van der Waals surface area (Å²) in [6, 6.07) is 16.0. The number of nitrogens with one attached hydrogen (secondary N) is 1. The van der Waals surface area contributed by atoms with Gasteiger partial charge >= 0.3 is 0 Å². The smallest absolute Gasteiger partial charge is 0.230 e. The van der Waals surface area contributed by atoms with E-state index in [0.717, 1.165) is 27.1 Å². The van der Waals surface area contributed by atoms with Crippen LogP contribution in [0.2, 0.25) is 0 Å². The van der Waals surface area contributed by atoms with Crippen LogP contribution in [0.5, 0.6) is 5.75 Å². The van der Waals surface area contributed by atoms with Gasteiger partial charge in [0.15, 0.2) is 0 Å². The van der Waals surface area contributed by atoms with E-state index in [4.69, 9.17) is 4.74 Å². The lowest BCUT2D eigenvalue weighted by molar-refractivity contribution is -0.118. The summed E-state index contributed by atoms with van der Waals surface area (Å²) in [6.07, 6.45) is 0. The maximum absolute atomic E-state index is 11.9. The molecule has 0 aromatic heterocycles. The average molecular weight is 373 g/mol. The molecule has 1 aliphatic rings. The molecule has 0 unspecified atom stereocenters. The molecule has 0 radical (unpaired) electrons. The highest BCUT2D eigenvalue weighted by atomic mass is 32.2. The molecule has 4 nitrogen and oxygen atoms in total. The lowest BCUT2D eigenvalue weighted by atomic mass is 10.2. The SMILES string of the molecule is Cc1cccc(OCCNC(=O)CSC2=Nc3ccccc3CS2)c1. The number of thioether (sulfide) groups is 2. The third-order valence-electron chi connectivity index (χ3n) is 3.56. The zero-order valence-electron chi connectivity index (χ0n) is 14.0. The highest BCUT2D eigenvalue weighted by molar-refractivity contribution is 8.38. The zero-order valence-corrected chi connectivity index (χ0v) is 15.7. The first kappa shape index (κ1) is 17.9. The summed E-state index contributed by atoms with van der Waals surface area (Å²) in [5.41, 5.74) is 3.41. The Morgan fingerprint density at radius 2 is 2.16 bits per heavy atom. The third-order valence-corrected chi connectivity index (χ3v) is 5.81. The Bertz CT molecular complexity index is 778. The number of amides is 1. The van der Waals surface area contributed by atoms with Crippen LogP contribution in [0.15, 0.2) is 53.5 Å². The van der Waals surface area contributed by atoms with Crippen LogP contribution in [-0.4, -0.2) is 29.2 Å². The summed E-state index contributed by atoms with van der Waals surface area (Å²) in [7, 11) is 0. The summed E-state index contributed by atoms with van der Waals surface area (Å²) in [4.78, 5) is 16.5. The Morgan fingerprint density at radius 3 is 3.04 bits per heavy atom. The van der Waals surface area contributed by atoms with Crippen LogP contribution < -0.4 is 10.1 Å². The molecular weight excluding hydrogens is 352 g/mol. The van der Waals surface area contributed by atoms with Gasteiger partial charge in [0.1, 0.15) is 16.7 Å². The van der Waals surface area contributed by atoms with Crippen LogP contribution in [-0.2, 0) is 10.5 Å². The van der Waals surface area contributed by atoms with Gasteiger partial charge in [-0.25, -0.2) is 4.99 Å². The van der Waals surface area contributed by atoms with Crippen LogP contribution in [0.25, 0.3) is 0 Å². The molecule has 1 N–H and O–H groups in total. The summed E-state index contributed by atoms with van der Waals surface area (Å²) in [5.74, 6) is 2.11. The Kier molecular flexibility index (Phi) is 6.42. The largest absolute Gasteiger partial charge is 0.492 e. The molecular formula is C19H20N2O2S2. The highest BCUT2D eigenvalue weighted by Gasteiger charge is 2.13. The van der Waals surface area contributed by atoms with Gasteiger partial charge in [-0.3, -0.25) is 4.79 Å². The van der Waals surface area contributed by atoms with Crippen LogP contribution in [0.3, 0.4) is 0 Å². The lowest BCUT2D eigenvalue weighted by Crippen LogP contribution is -2.29. The topological polar surface area (TPSA) is 50.7 Å². The second-order valence-electron chi connectivity index (χ2n) is 5.60. The van der Waals surface area contributed by atoms with Gasteiger partial charge in [0.2, 0.25) is 5.91 Å². The number of carbonyl (C=O) groups is 1. The zero-order chi connectivity index (χ0) is 17.5. The summed E-state index contributed by atoms with van der Waals surface area (Å²) in [6.45, 7) is 2.98. The number of hydrogen-bond donors (Lipinski definition) is 1. The quantitative estimate of drug-likeness (QED) is 0.774. The van der Waals surface area contributed by atoms with E-state index in [-0.39, 0.29) is 5.91 Å². The molecule has 6 heteroatoms. The van der Waals surface area contributed by atoms with E-state index < -0.39 is 0 Å². The fraction of sp³-hybridized carbons (Fsp3) is 0.263. The summed E-state index contributed by atoms with van der Waals surface area (Å²) < 4.78 is 6.57. The van der Waals surface area contributed by atoms with Gasteiger partial charge in [-0.15, -0.1) is 0 Å². The Morgan fingerprint density at radius 1 is 1.28 bits per heavy atom. The monoisotopic (exact) mass is 372 g/mol. The predicted octanol–water partition coefficient (Wildman–Crippen LogP) is 4.16. The number of para-hydroxylation sites is 1. The third kappa shape index (κ3) is 5.54. The fourth-order valence-corrected chi connectivity index (χ4v) is 4.22. The van der Waals surface area contributed by atoms with E-state index in [1.807, 2.05) is 49.4 Å². The molecule has 0 atom stereocenters. The van der Waals surface area contributed by atoms with Crippen molar-refractivity contribution in [2.45, 2.75) is 12.7 Å². The number of benzene rings is 2. The van der Waals surface area contributed by atoms with Crippen molar-refractivity contribution in [1.82, 2.24) is 5.32 Å². The fourth-order valence-electron chi connectivity index (χ4n) is 2.33. The first-order valence-corrected chi connectivity index (χ1v) is 10.1. The van der Waals surface area contributed by atoms with Crippen molar-refractivity contribution in [3.63, 3.8) is 0 Å². The number of carbonyl (C=O) groups excluding carboxylic acids is 1. The van der Waals surface area contributed by atoms with E-state index in [1.165, 1.54) is 17.3 Å². The van der Waals surface area contributed by atoms with Crippen molar-refractivity contribution in [2.24, 2.45) is 4.99 Å². The van der Waals surface area contributed by atoms with Crippen LogP contribution in [0, 0.1) is 6.92 Å². The Balaban J connectivity index is 1.37. The van der Waals surface area contributed by atoms with Crippen molar-refractivity contribution >= 4 is 39.5 Å². The van der Waals surface area contributed by atoms with E-state index >= 15 is 0 Å². The van der Waals surface area contributed by atoms with Crippen LogP contribution >= 0.6 is 23.5 Å². The standard InChI is InChI=1S/C19H20N2O2S2/c1-14-5-4-7-16(11-14)23-10-9-20-18(22)13-25-19-21-17-8-3-2-6-15(17)12-24-19/h2-8,11H,9-10,12-13H2,1H3,(H,20,22). The van der Waals surface area contributed by atoms with E-state index in [2.05, 4.69) is 16.4 Å². The molecule has 25 heavy (non-hydrogen) atoms. The average Bonchev–Trinajstić information content (AvgIpc) is 2.63. The minimum atomic E-state index is 0.000000787. The minimum absolute atomic E-state index is 0.000000787.